The number of amides is 1. The molecule has 1 amide bonds. The normalized spacial score (nSPS) is 15.6. The summed E-state index contributed by atoms with van der Waals surface area (Å²) >= 11 is 0. The van der Waals surface area contributed by atoms with Crippen molar-refractivity contribution in [3.8, 4) is 11.3 Å². The summed E-state index contributed by atoms with van der Waals surface area (Å²) in [7, 11) is 0. The summed E-state index contributed by atoms with van der Waals surface area (Å²) in [6.07, 6.45) is 4.33. The van der Waals surface area contributed by atoms with Gasteiger partial charge in [0.05, 0.1) is 5.56 Å². The van der Waals surface area contributed by atoms with Crippen LogP contribution in [-0.4, -0.2) is 16.0 Å². The molecule has 1 N–H and O–H groups in total. The molecule has 7 heteroatoms. The molecule has 146 valence electrons. The van der Waals surface area contributed by atoms with E-state index in [0.717, 1.165) is 25.7 Å². The molecule has 1 fully saturated rings. The zero-order valence-electron chi connectivity index (χ0n) is 15.7. The highest BCUT2D eigenvalue weighted by molar-refractivity contribution is 5.77. The van der Waals surface area contributed by atoms with E-state index in [1.54, 1.807) is 37.3 Å². The molecule has 0 saturated heterocycles. The number of rotatable bonds is 6. The van der Waals surface area contributed by atoms with Gasteiger partial charge < -0.3 is 14.3 Å². The minimum Gasteiger partial charge on any atom is -0.461 e. The molecule has 0 radical (unpaired) electrons. The SMILES string of the molecule is Cc1nc(C2(NC(=O)CCc3ccc(-c4ccccc4F)o3)CCCC2)no1. The molecule has 1 aromatic carbocycles. The lowest BCUT2D eigenvalue weighted by Crippen LogP contribution is -2.44. The topological polar surface area (TPSA) is 81.2 Å². The molecule has 4 rings (SSSR count). The molecule has 1 saturated carbocycles. The maximum atomic E-state index is 13.9. The third kappa shape index (κ3) is 3.69. The van der Waals surface area contributed by atoms with Crippen LogP contribution in [0.4, 0.5) is 4.39 Å². The smallest absolute Gasteiger partial charge is 0.223 e. The van der Waals surface area contributed by atoms with E-state index in [9.17, 15) is 9.18 Å². The second-order valence-electron chi connectivity index (χ2n) is 7.22. The van der Waals surface area contributed by atoms with Crippen LogP contribution in [-0.2, 0) is 16.8 Å². The Balaban J connectivity index is 1.40. The Kier molecular flexibility index (Phi) is 4.98. The zero-order valence-corrected chi connectivity index (χ0v) is 15.7. The van der Waals surface area contributed by atoms with Gasteiger partial charge in [-0.25, -0.2) is 4.39 Å². The van der Waals surface area contributed by atoms with Crippen molar-refractivity contribution in [2.45, 2.75) is 51.0 Å². The molecule has 28 heavy (non-hydrogen) atoms. The summed E-state index contributed by atoms with van der Waals surface area (Å²) in [6.45, 7) is 1.74. The van der Waals surface area contributed by atoms with Crippen molar-refractivity contribution in [3.05, 3.63) is 59.7 Å². The van der Waals surface area contributed by atoms with Crippen LogP contribution in [0.5, 0.6) is 0 Å². The fourth-order valence-corrected chi connectivity index (χ4v) is 3.76. The minimum absolute atomic E-state index is 0.0896. The van der Waals surface area contributed by atoms with E-state index >= 15 is 0 Å². The summed E-state index contributed by atoms with van der Waals surface area (Å²) in [4.78, 5) is 16.9. The number of nitrogens with one attached hydrogen (secondary N) is 1. The Morgan fingerprint density at radius 3 is 2.71 bits per heavy atom. The highest BCUT2D eigenvalue weighted by atomic mass is 19.1. The monoisotopic (exact) mass is 383 g/mol. The van der Waals surface area contributed by atoms with Gasteiger partial charge in [-0.2, -0.15) is 4.98 Å². The van der Waals surface area contributed by atoms with Crippen LogP contribution in [0.2, 0.25) is 0 Å². The van der Waals surface area contributed by atoms with Crippen LogP contribution < -0.4 is 5.32 Å². The number of aromatic nitrogens is 2. The molecule has 1 aliphatic rings. The van der Waals surface area contributed by atoms with Crippen LogP contribution >= 0.6 is 0 Å². The number of hydrogen-bond donors (Lipinski definition) is 1. The first kappa shape index (κ1) is 18.4. The molecule has 3 aromatic rings. The largest absolute Gasteiger partial charge is 0.461 e. The number of benzene rings is 1. The predicted molar refractivity (Wildman–Crippen MR) is 99.7 cm³/mol. The lowest BCUT2D eigenvalue weighted by atomic mass is 9.96. The van der Waals surface area contributed by atoms with Gasteiger partial charge in [-0.15, -0.1) is 0 Å². The Bertz CT molecular complexity index is 973. The molecule has 0 aliphatic heterocycles. The molecule has 6 nitrogen and oxygen atoms in total. The van der Waals surface area contributed by atoms with Crippen molar-refractivity contribution in [1.82, 2.24) is 15.5 Å². The molecule has 0 bridgehead atoms. The van der Waals surface area contributed by atoms with Crippen molar-refractivity contribution in [3.63, 3.8) is 0 Å². The number of carbonyl (C=O) groups is 1. The lowest BCUT2D eigenvalue weighted by Gasteiger charge is -2.26. The number of nitrogens with zero attached hydrogens (tertiary/aromatic N) is 2. The Hall–Kier alpha value is -2.96. The standard InChI is InChI=1S/C21H22FN3O3/c1-14-23-20(25-28-14)21(12-4-5-13-21)24-19(26)11-9-15-8-10-18(27-15)16-6-2-3-7-17(16)22/h2-3,6-8,10H,4-5,9,11-13H2,1H3,(H,24,26). The summed E-state index contributed by atoms with van der Waals surface area (Å²) in [5, 5.41) is 7.15. The van der Waals surface area contributed by atoms with E-state index in [0.29, 0.717) is 35.2 Å². The third-order valence-corrected chi connectivity index (χ3v) is 5.19. The number of furan rings is 1. The van der Waals surface area contributed by atoms with Crippen molar-refractivity contribution >= 4 is 5.91 Å². The second-order valence-corrected chi connectivity index (χ2v) is 7.22. The van der Waals surface area contributed by atoms with Gasteiger partial charge in [0.2, 0.25) is 11.8 Å². The zero-order chi connectivity index (χ0) is 19.6. The molecule has 1 aliphatic carbocycles. The Morgan fingerprint density at radius 1 is 1.21 bits per heavy atom. The molecule has 0 atom stereocenters. The highest BCUT2D eigenvalue weighted by Gasteiger charge is 2.41. The van der Waals surface area contributed by atoms with Gasteiger partial charge >= 0.3 is 0 Å². The van der Waals surface area contributed by atoms with Crippen LogP contribution in [0.15, 0.2) is 45.3 Å². The van der Waals surface area contributed by atoms with Gasteiger partial charge in [0.15, 0.2) is 5.82 Å². The summed E-state index contributed by atoms with van der Waals surface area (Å²) in [5.74, 6) is 1.72. The average molecular weight is 383 g/mol. The fraction of sp³-hybridized carbons (Fsp3) is 0.381. The second kappa shape index (κ2) is 7.58. The van der Waals surface area contributed by atoms with Crippen LogP contribution in [0.3, 0.4) is 0 Å². The van der Waals surface area contributed by atoms with E-state index in [2.05, 4.69) is 15.5 Å². The van der Waals surface area contributed by atoms with Gasteiger partial charge in [-0.3, -0.25) is 4.79 Å². The quantitative estimate of drug-likeness (QED) is 0.686. The van der Waals surface area contributed by atoms with E-state index in [1.165, 1.54) is 6.07 Å². The Morgan fingerprint density at radius 2 is 2.00 bits per heavy atom. The maximum absolute atomic E-state index is 13.9. The van der Waals surface area contributed by atoms with E-state index in [-0.39, 0.29) is 18.1 Å². The molecule has 2 aromatic heterocycles. The first-order valence-corrected chi connectivity index (χ1v) is 9.51. The number of aryl methyl sites for hydroxylation is 2. The average Bonchev–Trinajstić information content (AvgIpc) is 3.42. The maximum Gasteiger partial charge on any atom is 0.223 e. The summed E-state index contributed by atoms with van der Waals surface area (Å²) in [5.41, 5.74) is -0.133. The number of hydrogen-bond acceptors (Lipinski definition) is 5. The van der Waals surface area contributed by atoms with Gasteiger partial charge in [0, 0.05) is 19.8 Å². The van der Waals surface area contributed by atoms with Crippen LogP contribution in [0.25, 0.3) is 11.3 Å². The van der Waals surface area contributed by atoms with E-state index in [4.69, 9.17) is 8.94 Å². The first-order chi connectivity index (χ1) is 13.6. The van der Waals surface area contributed by atoms with Gasteiger partial charge in [0.1, 0.15) is 22.9 Å². The number of halogens is 1. The molecular formula is C21H22FN3O3. The van der Waals surface area contributed by atoms with Gasteiger partial charge in [0.25, 0.3) is 0 Å². The van der Waals surface area contributed by atoms with Crippen molar-refractivity contribution < 1.29 is 18.1 Å². The third-order valence-electron chi connectivity index (χ3n) is 5.19. The van der Waals surface area contributed by atoms with Crippen LogP contribution in [0, 0.1) is 12.7 Å². The molecule has 0 spiro atoms. The highest BCUT2D eigenvalue weighted by Crippen LogP contribution is 2.37. The summed E-state index contributed by atoms with van der Waals surface area (Å²) < 4.78 is 24.7. The van der Waals surface area contributed by atoms with Crippen molar-refractivity contribution in [1.29, 1.82) is 0 Å². The molecular weight excluding hydrogens is 361 g/mol. The van der Waals surface area contributed by atoms with E-state index in [1.807, 2.05) is 0 Å². The molecule has 0 unspecified atom stereocenters. The van der Waals surface area contributed by atoms with E-state index < -0.39 is 5.54 Å². The van der Waals surface area contributed by atoms with Crippen LogP contribution in [0.1, 0.15) is 49.6 Å². The summed E-state index contributed by atoms with van der Waals surface area (Å²) in [6, 6.07) is 9.97. The van der Waals surface area contributed by atoms with Gasteiger partial charge in [-0.05, 0) is 37.1 Å². The number of carbonyl (C=O) groups excluding carboxylic acids is 1. The fourth-order valence-electron chi connectivity index (χ4n) is 3.76. The van der Waals surface area contributed by atoms with Crippen molar-refractivity contribution in [2.24, 2.45) is 0 Å². The molecule has 2 heterocycles. The van der Waals surface area contributed by atoms with Crippen molar-refractivity contribution in [2.75, 3.05) is 0 Å². The Labute approximate surface area is 162 Å². The minimum atomic E-state index is -0.545. The lowest BCUT2D eigenvalue weighted by molar-refractivity contribution is -0.123. The predicted octanol–water partition coefficient (Wildman–Crippen LogP) is 4.30. The van der Waals surface area contributed by atoms with Gasteiger partial charge in [-0.1, -0.05) is 30.1 Å². The first-order valence-electron chi connectivity index (χ1n) is 9.51.